The summed E-state index contributed by atoms with van der Waals surface area (Å²) in [5.74, 6) is 0.742. The number of rotatable bonds is 3. The molecule has 1 unspecified atom stereocenters. The number of fused-ring (bicyclic) bond motifs is 2. The van der Waals surface area contributed by atoms with Gasteiger partial charge < -0.3 is 5.73 Å². The van der Waals surface area contributed by atoms with E-state index in [0.717, 1.165) is 25.1 Å². The average Bonchev–Trinajstić information content (AvgIpc) is 3.23. The fraction of sp³-hybridized carbons (Fsp3) is 0.400. The fourth-order valence-corrected chi connectivity index (χ4v) is 6.03. The average molecular weight is 331 g/mol. The monoisotopic (exact) mass is 331 g/mol. The van der Waals surface area contributed by atoms with Crippen LogP contribution in [0.3, 0.4) is 0 Å². The van der Waals surface area contributed by atoms with Crippen molar-refractivity contribution in [3.63, 3.8) is 0 Å². The maximum Gasteiger partial charge on any atom is 0.191 e. The zero-order valence-corrected chi connectivity index (χ0v) is 13.9. The maximum absolute atomic E-state index is 6.01. The number of hydrogen-bond donors (Lipinski definition) is 2. The molecule has 0 aliphatic heterocycles. The minimum atomic E-state index is -0.351. The highest BCUT2D eigenvalue weighted by atomic mass is 32.1. The van der Waals surface area contributed by atoms with Crippen LogP contribution in [0.2, 0.25) is 0 Å². The van der Waals surface area contributed by atoms with Crippen LogP contribution in [0.5, 0.6) is 0 Å². The third-order valence-electron chi connectivity index (χ3n) is 4.36. The highest BCUT2D eigenvalue weighted by Crippen LogP contribution is 2.50. The summed E-state index contributed by atoms with van der Waals surface area (Å²) >= 11 is 3.63. The molecule has 4 rings (SSSR count). The maximum atomic E-state index is 6.01. The molecule has 0 saturated heterocycles. The minimum absolute atomic E-state index is 0.351. The van der Waals surface area contributed by atoms with Gasteiger partial charge in [-0.1, -0.05) is 5.21 Å². The topological polar surface area (TPSA) is 80.5 Å². The van der Waals surface area contributed by atoms with Gasteiger partial charge in [0.15, 0.2) is 5.82 Å². The van der Waals surface area contributed by atoms with Crippen LogP contribution >= 0.6 is 22.7 Å². The summed E-state index contributed by atoms with van der Waals surface area (Å²) < 4.78 is 0. The molecular formula is C15H17N5S2. The van der Waals surface area contributed by atoms with Gasteiger partial charge in [0.2, 0.25) is 0 Å². The molecule has 0 saturated carbocycles. The smallest absolute Gasteiger partial charge is 0.191 e. The zero-order valence-electron chi connectivity index (χ0n) is 12.3. The van der Waals surface area contributed by atoms with Crippen molar-refractivity contribution in [1.82, 2.24) is 20.6 Å². The second kappa shape index (κ2) is 5.26. The molecule has 3 heterocycles. The van der Waals surface area contributed by atoms with Crippen LogP contribution in [0.1, 0.15) is 38.0 Å². The van der Waals surface area contributed by atoms with E-state index >= 15 is 0 Å². The second-order valence-electron chi connectivity index (χ2n) is 5.67. The highest BCUT2D eigenvalue weighted by Gasteiger charge is 2.46. The first-order valence-corrected chi connectivity index (χ1v) is 9.06. The van der Waals surface area contributed by atoms with Crippen molar-refractivity contribution >= 4 is 22.7 Å². The van der Waals surface area contributed by atoms with E-state index in [0.29, 0.717) is 6.54 Å². The van der Waals surface area contributed by atoms with Gasteiger partial charge in [-0.15, -0.1) is 32.9 Å². The van der Waals surface area contributed by atoms with Gasteiger partial charge in [0, 0.05) is 14.6 Å². The molecule has 0 radical (unpaired) electrons. The van der Waals surface area contributed by atoms with Crippen molar-refractivity contribution in [2.24, 2.45) is 5.73 Å². The summed E-state index contributed by atoms with van der Waals surface area (Å²) in [6, 6.07) is 4.54. The van der Waals surface area contributed by atoms with E-state index in [1.807, 2.05) is 11.3 Å². The number of thiophene rings is 2. The van der Waals surface area contributed by atoms with Crippen molar-refractivity contribution in [3.05, 3.63) is 49.1 Å². The number of nitrogens with zero attached hydrogens (tertiary/aromatic N) is 3. The standard InChI is InChI=1S/C15H17N5S2/c1-9-8-11-3-2-10-4-7-21-12(10)15(5-6-16,13(11)22-9)14-17-19-20-18-14/h4,7-8H,2-3,5-6,16H2,1H3,(H,17,18,19,20). The van der Waals surface area contributed by atoms with Crippen LogP contribution in [0.4, 0.5) is 0 Å². The molecule has 7 heteroatoms. The lowest BCUT2D eigenvalue weighted by molar-refractivity contribution is 0.550. The van der Waals surface area contributed by atoms with Crippen molar-refractivity contribution < 1.29 is 0 Å². The second-order valence-corrected chi connectivity index (χ2v) is 7.84. The number of nitrogens with one attached hydrogen (secondary N) is 1. The lowest BCUT2D eigenvalue weighted by Gasteiger charge is -2.29. The molecule has 0 fully saturated rings. The van der Waals surface area contributed by atoms with Gasteiger partial charge in [0.25, 0.3) is 0 Å². The van der Waals surface area contributed by atoms with Gasteiger partial charge >= 0.3 is 0 Å². The lowest BCUT2D eigenvalue weighted by Crippen LogP contribution is -2.32. The summed E-state index contributed by atoms with van der Waals surface area (Å²) in [5, 5.41) is 17.4. The molecule has 0 spiro atoms. The Kier molecular flexibility index (Phi) is 3.36. The third-order valence-corrected chi connectivity index (χ3v) is 6.74. The van der Waals surface area contributed by atoms with Gasteiger partial charge in [-0.3, -0.25) is 0 Å². The molecule has 22 heavy (non-hydrogen) atoms. The number of H-pyrrole nitrogens is 1. The SMILES string of the molecule is Cc1cc2c(s1)C(CCN)(c1nn[nH]n1)c1sccc1CC2. The third kappa shape index (κ3) is 1.89. The van der Waals surface area contributed by atoms with Crippen molar-refractivity contribution in [2.45, 2.75) is 31.6 Å². The molecule has 1 aliphatic carbocycles. The quantitative estimate of drug-likeness (QED) is 0.772. The highest BCUT2D eigenvalue weighted by molar-refractivity contribution is 7.13. The van der Waals surface area contributed by atoms with Gasteiger partial charge in [0.1, 0.15) is 5.41 Å². The Balaban J connectivity index is 2.07. The van der Waals surface area contributed by atoms with Crippen molar-refractivity contribution in [2.75, 3.05) is 6.54 Å². The predicted octanol–water partition coefficient (Wildman–Crippen LogP) is 2.41. The summed E-state index contributed by atoms with van der Waals surface area (Å²) in [5.41, 5.74) is 8.46. The van der Waals surface area contributed by atoms with E-state index in [4.69, 9.17) is 5.73 Å². The van der Waals surface area contributed by atoms with E-state index in [2.05, 4.69) is 45.1 Å². The number of aryl methyl sites for hydroxylation is 3. The Labute approximate surface area is 136 Å². The van der Waals surface area contributed by atoms with Crippen LogP contribution in [0.15, 0.2) is 17.5 Å². The Bertz CT molecular complexity index is 789. The Morgan fingerprint density at radius 1 is 1.32 bits per heavy atom. The van der Waals surface area contributed by atoms with Crippen LogP contribution < -0.4 is 5.73 Å². The molecule has 1 atom stereocenters. The molecular weight excluding hydrogens is 314 g/mol. The molecule has 1 aliphatic rings. The van der Waals surface area contributed by atoms with E-state index in [-0.39, 0.29) is 5.41 Å². The zero-order chi connectivity index (χ0) is 15.2. The summed E-state index contributed by atoms with van der Waals surface area (Å²) in [7, 11) is 0. The van der Waals surface area contributed by atoms with E-state index in [9.17, 15) is 0 Å². The lowest BCUT2D eigenvalue weighted by atomic mass is 9.78. The van der Waals surface area contributed by atoms with E-state index in [1.54, 1.807) is 11.3 Å². The molecule has 114 valence electrons. The first-order chi connectivity index (χ1) is 10.8. The number of nitrogens with two attached hydrogens (primary N) is 1. The Morgan fingerprint density at radius 2 is 2.18 bits per heavy atom. The van der Waals surface area contributed by atoms with E-state index < -0.39 is 0 Å². The molecule has 3 N–H and O–H groups in total. The molecule has 3 aromatic heterocycles. The summed E-state index contributed by atoms with van der Waals surface area (Å²) in [4.78, 5) is 4.01. The molecule has 5 nitrogen and oxygen atoms in total. The predicted molar refractivity (Wildman–Crippen MR) is 88.5 cm³/mol. The van der Waals surface area contributed by atoms with Crippen LogP contribution in [-0.2, 0) is 18.3 Å². The van der Waals surface area contributed by atoms with Crippen molar-refractivity contribution in [1.29, 1.82) is 0 Å². The Hall–Kier alpha value is -1.57. The Morgan fingerprint density at radius 3 is 2.95 bits per heavy atom. The number of tetrazole rings is 1. The summed E-state index contributed by atoms with van der Waals surface area (Å²) in [6.45, 7) is 2.75. The van der Waals surface area contributed by atoms with Gasteiger partial charge in [0.05, 0.1) is 0 Å². The molecule has 0 aromatic carbocycles. The minimum Gasteiger partial charge on any atom is -0.330 e. The van der Waals surface area contributed by atoms with Crippen molar-refractivity contribution in [3.8, 4) is 0 Å². The first-order valence-electron chi connectivity index (χ1n) is 7.36. The molecule has 0 bridgehead atoms. The first kappa shape index (κ1) is 14.0. The van der Waals surface area contributed by atoms with Gasteiger partial charge in [-0.2, -0.15) is 5.21 Å². The number of aromatic nitrogens is 4. The van der Waals surface area contributed by atoms with Crippen LogP contribution in [-0.4, -0.2) is 27.2 Å². The largest absolute Gasteiger partial charge is 0.330 e. The van der Waals surface area contributed by atoms with Gasteiger partial charge in [-0.25, -0.2) is 0 Å². The molecule has 3 aromatic rings. The number of aromatic amines is 1. The van der Waals surface area contributed by atoms with Gasteiger partial charge in [-0.05, 0) is 61.4 Å². The number of hydrogen-bond acceptors (Lipinski definition) is 6. The van der Waals surface area contributed by atoms with Crippen LogP contribution in [0.25, 0.3) is 0 Å². The summed E-state index contributed by atoms with van der Waals surface area (Å²) in [6.07, 6.45) is 2.92. The fourth-order valence-electron chi connectivity index (χ4n) is 3.49. The van der Waals surface area contributed by atoms with E-state index in [1.165, 1.54) is 25.8 Å². The molecule has 0 amide bonds. The van der Waals surface area contributed by atoms with Crippen LogP contribution in [0, 0.1) is 6.92 Å². The normalized spacial score (nSPS) is 20.5.